The topological polar surface area (TPSA) is 103 Å². The smallest absolute Gasteiger partial charge is 0.251 e. The van der Waals surface area contributed by atoms with E-state index >= 15 is 0 Å². The molecule has 0 bridgehead atoms. The van der Waals surface area contributed by atoms with Crippen molar-refractivity contribution in [3.05, 3.63) is 30.2 Å². The molecule has 4 rings (SSSR count). The summed E-state index contributed by atoms with van der Waals surface area (Å²) >= 11 is 0. The lowest BCUT2D eigenvalue weighted by Gasteiger charge is -2.38. The van der Waals surface area contributed by atoms with Crippen LogP contribution in [0.3, 0.4) is 0 Å². The van der Waals surface area contributed by atoms with Gasteiger partial charge in [0.1, 0.15) is 17.3 Å². The van der Waals surface area contributed by atoms with Gasteiger partial charge in [0, 0.05) is 18.1 Å². The summed E-state index contributed by atoms with van der Waals surface area (Å²) in [7, 11) is 0. The predicted molar refractivity (Wildman–Crippen MR) is 110 cm³/mol. The Balaban J connectivity index is 1.51. The zero-order valence-electron chi connectivity index (χ0n) is 16.9. The highest BCUT2D eigenvalue weighted by Crippen LogP contribution is 2.29. The number of morpholine rings is 1. The van der Waals surface area contributed by atoms with Crippen molar-refractivity contribution in [3.63, 3.8) is 0 Å². The number of hydrogen-bond donors (Lipinski definition) is 2. The summed E-state index contributed by atoms with van der Waals surface area (Å²) in [6, 6.07) is 5.76. The van der Waals surface area contributed by atoms with Crippen LogP contribution in [0.1, 0.15) is 25.5 Å². The number of ether oxygens (including phenoxy) is 1. The molecule has 2 aromatic heterocycles. The second-order valence-electron chi connectivity index (χ2n) is 7.96. The van der Waals surface area contributed by atoms with Crippen LogP contribution < -0.4 is 15.5 Å². The van der Waals surface area contributed by atoms with Crippen molar-refractivity contribution < 1.29 is 13.9 Å². The molecule has 2 atom stereocenters. The summed E-state index contributed by atoms with van der Waals surface area (Å²) in [5, 5.41) is 16.0. The van der Waals surface area contributed by atoms with E-state index in [1.165, 1.54) is 0 Å². The molecule has 0 aromatic carbocycles. The molecule has 0 spiro atoms. The van der Waals surface area contributed by atoms with E-state index in [0.717, 1.165) is 11.1 Å². The molecule has 9 heteroatoms. The number of nitrogens with zero attached hydrogens (tertiary/aromatic N) is 4. The van der Waals surface area contributed by atoms with Crippen LogP contribution in [0.15, 0.2) is 24.5 Å². The van der Waals surface area contributed by atoms with Crippen LogP contribution in [0.4, 0.5) is 10.1 Å². The molecular weight excluding hydrogens is 387 g/mol. The molecule has 2 saturated heterocycles. The number of aromatic nitrogens is 2. The lowest BCUT2D eigenvalue weighted by atomic mass is 9.94. The number of hydrogen-bond acceptors (Lipinski definition) is 7. The van der Waals surface area contributed by atoms with E-state index in [2.05, 4.69) is 26.7 Å². The molecule has 2 unspecified atom stereocenters. The number of halogens is 1. The summed E-state index contributed by atoms with van der Waals surface area (Å²) in [5.74, 6) is -0.314. The maximum Gasteiger partial charge on any atom is 0.251 e. The van der Waals surface area contributed by atoms with Crippen LogP contribution in [0.25, 0.3) is 10.9 Å². The molecule has 8 nitrogen and oxygen atoms in total. The van der Waals surface area contributed by atoms with Crippen molar-refractivity contribution in [2.24, 2.45) is 0 Å². The third-order valence-electron chi connectivity index (χ3n) is 5.70. The fourth-order valence-electron chi connectivity index (χ4n) is 4.09. The fraction of sp³-hybridized carbons (Fsp3) is 0.524. The molecular formula is C21H25FN6O2. The monoisotopic (exact) mass is 412 g/mol. The lowest BCUT2D eigenvalue weighted by Crippen LogP contribution is -2.55. The molecule has 1 amide bonds. The van der Waals surface area contributed by atoms with E-state index in [1.807, 2.05) is 17.9 Å². The minimum Gasteiger partial charge on any atom is -0.364 e. The molecule has 2 aliphatic heterocycles. The second-order valence-corrected chi connectivity index (χ2v) is 7.96. The minimum absolute atomic E-state index is 0.00692. The van der Waals surface area contributed by atoms with Gasteiger partial charge in [0.25, 0.3) is 5.91 Å². The third kappa shape index (κ3) is 4.20. The second kappa shape index (κ2) is 8.50. The van der Waals surface area contributed by atoms with Crippen molar-refractivity contribution >= 4 is 22.5 Å². The Bertz CT molecular complexity index is 972. The quantitative estimate of drug-likeness (QED) is 0.780. The maximum absolute atomic E-state index is 14.8. The number of alkyl halides is 1. The predicted octanol–water partition coefficient (Wildman–Crippen LogP) is 1.30. The largest absolute Gasteiger partial charge is 0.364 e. The van der Waals surface area contributed by atoms with Gasteiger partial charge in [-0.3, -0.25) is 9.78 Å². The standard InChI is InChI=1S/C21H25FN6O2/c1-14-11-28(17-10-26-16(9-23)19-15(17)3-2-6-25-19)12-18(30-14)20(29)27-13-21(22)4-7-24-8-5-21/h2-3,6,10,14,18,24H,4-5,7-8,11-13H2,1H3,(H,27,29). The zero-order chi connectivity index (χ0) is 21.1. The van der Waals surface area contributed by atoms with Crippen molar-refractivity contribution in [2.75, 3.05) is 37.6 Å². The molecule has 2 aromatic rings. The van der Waals surface area contributed by atoms with Gasteiger partial charge >= 0.3 is 0 Å². The number of rotatable bonds is 4. The van der Waals surface area contributed by atoms with Gasteiger partial charge in [0.15, 0.2) is 11.8 Å². The Morgan fingerprint density at radius 2 is 2.23 bits per heavy atom. The summed E-state index contributed by atoms with van der Waals surface area (Å²) in [6.45, 7) is 4.00. The first-order chi connectivity index (χ1) is 14.5. The van der Waals surface area contributed by atoms with E-state index in [4.69, 9.17) is 4.74 Å². The van der Waals surface area contributed by atoms with Gasteiger partial charge in [-0.2, -0.15) is 5.26 Å². The van der Waals surface area contributed by atoms with Crippen molar-refractivity contribution in [1.82, 2.24) is 20.6 Å². The molecule has 2 aliphatic rings. The van der Waals surface area contributed by atoms with Crippen molar-refractivity contribution in [1.29, 1.82) is 5.26 Å². The first kappa shape index (κ1) is 20.4. The normalized spacial score (nSPS) is 23.7. The molecule has 2 N–H and O–H groups in total. The van der Waals surface area contributed by atoms with Gasteiger partial charge in [-0.25, -0.2) is 9.37 Å². The van der Waals surface area contributed by atoms with Gasteiger partial charge in [-0.1, -0.05) is 0 Å². The van der Waals surface area contributed by atoms with Crippen LogP contribution in [0, 0.1) is 11.3 Å². The fourth-order valence-corrected chi connectivity index (χ4v) is 4.09. The highest BCUT2D eigenvalue weighted by molar-refractivity contribution is 5.94. The molecule has 158 valence electrons. The molecule has 0 aliphatic carbocycles. The molecule has 0 radical (unpaired) electrons. The Morgan fingerprint density at radius 3 is 3.00 bits per heavy atom. The minimum atomic E-state index is -1.38. The summed E-state index contributed by atoms with van der Waals surface area (Å²) in [5.41, 5.74) is 0.216. The molecule has 4 heterocycles. The van der Waals surface area contributed by atoms with E-state index in [9.17, 15) is 14.4 Å². The average Bonchev–Trinajstić information content (AvgIpc) is 2.77. The van der Waals surface area contributed by atoms with Gasteiger partial charge in [-0.05, 0) is 45.0 Å². The Kier molecular flexibility index (Phi) is 5.79. The number of carbonyl (C=O) groups excluding carboxylic acids is 1. The number of carbonyl (C=O) groups is 1. The SMILES string of the molecule is CC1CN(c2cnc(C#N)c3ncccc23)CC(C(=O)NCC2(F)CCNCC2)O1. The number of fused-ring (bicyclic) bond motifs is 1. The number of nitriles is 1. The highest BCUT2D eigenvalue weighted by atomic mass is 19.1. The highest BCUT2D eigenvalue weighted by Gasteiger charge is 2.35. The van der Waals surface area contributed by atoms with Crippen LogP contribution in [-0.4, -0.2) is 66.5 Å². The molecule has 30 heavy (non-hydrogen) atoms. The van der Waals surface area contributed by atoms with Crippen LogP contribution in [0.2, 0.25) is 0 Å². The van der Waals surface area contributed by atoms with E-state index in [1.54, 1.807) is 18.5 Å². The van der Waals surface area contributed by atoms with E-state index < -0.39 is 11.8 Å². The molecule has 2 fully saturated rings. The van der Waals surface area contributed by atoms with Gasteiger partial charge < -0.3 is 20.3 Å². The van der Waals surface area contributed by atoms with Crippen LogP contribution in [0.5, 0.6) is 0 Å². The lowest BCUT2D eigenvalue weighted by molar-refractivity contribution is -0.138. The maximum atomic E-state index is 14.8. The molecule has 0 saturated carbocycles. The van der Waals surface area contributed by atoms with Crippen molar-refractivity contribution in [2.45, 2.75) is 37.6 Å². The summed E-state index contributed by atoms with van der Waals surface area (Å²) in [4.78, 5) is 23.3. The number of piperidine rings is 1. The van der Waals surface area contributed by atoms with Gasteiger partial charge in [-0.15, -0.1) is 0 Å². The number of anilines is 1. The Labute approximate surface area is 174 Å². The van der Waals surface area contributed by atoms with E-state index in [-0.39, 0.29) is 24.2 Å². The third-order valence-corrected chi connectivity index (χ3v) is 5.70. The Hall–Kier alpha value is -2.83. The van der Waals surface area contributed by atoms with E-state index in [0.29, 0.717) is 44.5 Å². The van der Waals surface area contributed by atoms with Gasteiger partial charge in [0.2, 0.25) is 0 Å². The first-order valence-corrected chi connectivity index (χ1v) is 10.2. The number of nitrogens with one attached hydrogen (secondary N) is 2. The van der Waals surface area contributed by atoms with Gasteiger partial charge in [0.05, 0.1) is 31.1 Å². The number of pyridine rings is 2. The zero-order valence-corrected chi connectivity index (χ0v) is 16.9. The Morgan fingerprint density at radius 1 is 1.43 bits per heavy atom. The first-order valence-electron chi connectivity index (χ1n) is 10.2. The number of amides is 1. The van der Waals surface area contributed by atoms with Crippen molar-refractivity contribution in [3.8, 4) is 6.07 Å². The average molecular weight is 412 g/mol. The summed E-state index contributed by atoms with van der Waals surface area (Å²) in [6.07, 6.45) is 3.12. The van der Waals surface area contributed by atoms with Crippen LogP contribution in [-0.2, 0) is 9.53 Å². The van der Waals surface area contributed by atoms with Crippen LogP contribution >= 0.6 is 0 Å². The summed E-state index contributed by atoms with van der Waals surface area (Å²) < 4.78 is 20.7.